The number of hydrogen-bond acceptors (Lipinski definition) is 5. The monoisotopic (exact) mass is 388 g/mol. The predicted molar refractivity (Wildman–Crippen MR) is 101 cm³/mol. The zero-order chi connectivity index (χ0) is 18.9. The van der Waals surface area contributed by atoms with Crippen LogP contribution >= 0.6 is 0 Å². The number of carbonyl (C=O) groups excluding carboxylic acids is 1. The topological polar surface area (TPSA) is 84.9 Å². The smallest absolute Gasteiger partial charge is 0.251 e. The van der Waals surface area contributed by atoms with Crippen LogP contribution in [0.2, 0.25) is 0 Å². The van der Waals surface area contributed by atoms with Gasteiger partial charge in [-0.05, 0) is 48.4 Å². The number of amides is 1. The van der Waals surface area contributed by atoms with Gasteiger partial charge in [0, 0.05) is 18.7 Å². The van der Waals surface area contributed by atoms with Crippen LogP contribution in [0.25, 0.3) is 0 Å². The van der Waals surface area contributed by atoms with Crippen molar-refractivity contribution in [1.82, 2.24) is 5.32 Å². The standard InChI is InChI=1S/C19H20N2O5S/c22-19(20-13-14-2-7-17-18(12-14)26-10-9-25-17)15-3-5-16(6-4-15)21-8-1-11-27(21,23)24/h2-7,12H,1,8-11,13H2,(H,20,22). The molecule has 4 rings (SSSR count). The summed E-state index contributed by atoms with van der Waals surface area (Å²) in [6.45, 7) is 1.90. The Kier molecular flexibility index (Phi) is 4.65. The summed E-state index contributed by atoms with van der Waals surface area (Å²) in [7, 11) is -3.22. The summed E-state index contributed by atoms with van der Waals surface area (Å²) in [5.74, 6) is 1.35. The lowest BCUT2D eigenvalue weighted by Crippen LogP contribution is -2.25. The van der Waals surface area contributed by atoms with Gasteiger partial charge in [0.2, 0.25) is 10.0 Å². The van der Waals surface area contributed by atoms with Crippen LogP contribution < -0.4 is 19.1 Å². The molecule has 7 nitrogen and oxygen atoms in total. The molecule has 0 saturated carbocycles. The summed E-state index contributed by atoms with van der Waals surface area (Å²) >= 11 is 0. The molecule has 1 amide bonds. The van der Waals surface area contributed by atoms with Crippen LogP contribution in [0.15, 0.2) is 42.5 Å². The van der Waals surface area contributed by atoms with Gasteiger partial charge in [-0.25, -0.2) is 8.42 Å². The minimum Gasteiger partial charge on any atom is -0.486 e. The number of benzene rings is 2. The van der Waals surface area contributed by atoms with Gasteiger partial charge >= 0.3 is 0 Å². The fourth-order valence-electron chi connectivity index (χ4n) is 3.19. The number of carbonyl (C=O) groups is 1. The summed E-state index contributed by atoms with van der Waals surface area (Å²) < 4.78 is 36.4. The van der Waals surface area contributed by atoms with E-state index >= 15 is 0 Å². The van der Waals surface area contributed by atoms with Crippen molar-refractivity contribution < 1.29 is 22.7 Å². The van der Waals surface area contributed by atoms with Crippen molar-refractivity contribution in [3.05, 3.63) is 53.6 Å². The Morgan fingerprint density at radius 3 is 2.48 bits per heavy atom. The number of ether oxygens (including phenoxy) is 2. The predicted octanol–water partition coefficient (Wildman–Crippen LogP) is 1.93. The summed E-state index contributed by atoms with van der Waals surface area (Å²) in [6, 6.07) is 12.2. The van der Waals surface area contributed by atoms with Crippen LogP contribution in [0.3, 0.4) is 0 Å². The number of nitrogens with one attached hydrogen (secondary N) is 1. The number of fused-ring (bicyclic) bond motifs is 1. The second-order valence-electron chi connectivity index (χ2n) is 6.45. The molecule has 1 fully saturated rings. The van der Waals surface area contributed by atoms with Gasteiger partial charge in [0.15, 0.2) is 11.5 Å². The maximum atomic E-state index is 12.4. The molecule has 2 aliphatic heterocycles. The minimum atomic E-state index is -3.22. The highest BCUT2D eigenvalue weighted by atomic mass is 32.2. The molecule has 2 aromatic rings. The van der Waals surface area contributed by atoms with Gasteiger partial charge in [-0.2, -0.15) is 0 Å². The first-order valence-electron chi connectivity index (χ1n) is 8.80. The number of nitrogens with zero attached hydrogens (tertiary/aromatic N) is 1. The van der Waals surface area contributed by atoms with Crippen LogP contribution in [-0.2, 0) is 16.6 Å². The molecule has 2 heterocycles. The van der Waals surface area contributed by atoms with Crippen LogP contribution in [0, 0.1) is 0 Å². The van der Waals surface area contributed by atoms with Crippen LogP contribution in [0.1, 0.15) is 22.3 Å². The molecule has 2 aromatic carbocycles. The average molecular weight is 388 g/mol. The van der Waals surface area contributed by atoms with Crippen molar-refractivity contribution in [3.63, 3.8) is 0 Å². The SMILES string of the molecule is O=C(NCc1ccc2c(c1)OCCO2)c1ccc(N2CCCS2(=O)=O)cc1. The minimum absolute atomic E-state index is 0.171. The van der Waals surface area contributed by atoms with Crippen molar-refractivity contribution in [2.45, 2.75) is 13.0 Å². The van der Waals surface area contributed by atoms with Crippen LogP contribution in [0.4, 0.5) is 5.69 Å². The Bertz CT molecular complexity index is 957. The largest absolute Gasteiger partial charge is 0.486 e. The van der Waals surface area contributed by atoms with E-state index in [0.29, 0.717) is 55.5 Å². The van der Waals surface area contributed by atoms with Gasteiger partial charge in [0.05, 0.1) is 11.4 Å². The Hall–Kier alpha value is -2.74. The first-order valence-corrected chi connectivity index (χ1v) is 10.4. The molecule has 0 radical (unpaired) electrons. The average Bonchev–Trinajstić information content (AvgIpc) is 3.05. The van der Waals surface area contributed by atoms with Crippen molar-refractivity contribution in [1.29, 1.82) is 0 Å². The summed E-state index contributed by atoms with van der Waals surface area (Å²) in [6.07, 6.45) is 0.625. The lowest BCUT2D eigenvalue weighted by atomic mass is 10.1. The zero-order valence-electron chi connectivity index (χ0n) is 14.7. The van der Waals surface area contributed by atoms with E-state index in [0.717, 1.165) is 5.56 Å². The van der Waals surface area contributed by atoms with Crippen molar-refractivity contribution in [2.24, 2.45) is 0 Å². The Morgan fingerprint density at radius 1 is 1.04 bits per heavy atom. The lowest BCUT2D eigenvalue weighted by molar-refractivity contribution is 0.0951. The van der Waals surface area contributed by atoms with Crippen molar-refractivity contribution >= 4 is 21.6 Å². The van der Waals surface area contributed by atoms with Gasteiger partial charge in [-0.3, -0.25) is 9.10 Å². The summed E-state index contributed by atoms with van der Waals surface area (Å²) in [5.41, 5.74) is 1.98. The Balaban J connectivity index is 1.40. The molecular formula is C19H20N2O5S. The third kappa shape index (κ3) is 3.71. The van der Waals surface area contributed by atoms with Gasteiger partial charge in [-0.15, -0.1) is 0 Å². The number of sulfonamides is 1. The first kappa shape index (κ1) is 17.7. The van der Waals surface area contributed by atoms with Gasteiger partial charge in [-0.1, -0.05) is 6.07 Å². The van der Waals surface area contributed by atoms with E-state index in [1.165, 1.54) is 4.31 Å². The van der Waals surface area contributed by atoms with Gasteiger partial charge in [0.25, 0.3) is 5.91 Å². The fourth-order valence-corrected chi connectivity index (χ4v) is 4.76. The van der Waals surface area contributed by atoms with Crippen LogP contribution in [-0.4, -0.2) is 39.8 Å². The third-order valence-corrected chi connectivity index (χ3v) is 6.45. The maximum Gasteiger partial charge on any atom is 0.251 e. The van der Waals surface area contributed by atoms with E-state index in [1.807, 2.05) is 18.2 Å². The fraction of sp³-hybridized carbons (Fsp3) is 0.316. The van der Waals surface area contributed by atoms with E-state index in [1.54, 1.807) is 24.3 Å². The maximum absolute atomic E-state index is 12.4. The second kappa shape index (κ2) is 7.11. The molecule has 1 N–H and O–H groups in total. The third-order valence-electron chi connectivity index (χ3n) is 4.58. The van der Waals surface area contributed by atoms with Gasteiger partial charge < -0.3 is 14.8 Å². The normalized spacial score (nSPS) is 17.6. The zero-order valence-corrected chi connectivity index (χ0v) is 15.5. The lowest BCUT2D eigenvalue weighted by Gasteiger charge is -2.19. The molecule has 0 unspecified atom stereocenters. The number of anilines is 1. The van der Waals surface area contributed by atoms with E-state index in [4.69, 9.17) is 9.47 Å². The first-order chi connectivity index (χ1) is 13.0. The summed E-state index contributed by atoms with van der Waals surface area (Å²) in [5, 5.41) is 2.86. The molecule has 27 heavy (non-hydrogen) atoms. The van der Waals surface area contributed by atoms with Crippen LogP contribution in [0.5, 0.6) is 11.5 Å². The molecule has 142 valence electrons. The molecule has 0 bridgehead atoms. The van der Waals surface area contributed by atoms with E-state index in [9.17, 15) is 13.2 Å². The molecule has 0 aromatic heterocycles. The molecule has 0 aliphatic carbocycles. The number of hydrogen-bond donors (Lipinski definition) is 1. The van der Waals surface area contributed by atoms with E-state index < -0.39 is 10.0 Å². The second-order valence-corrected chi connectivity index (χ2v) is 8.46. The highest BCUT2D eigenvalue weighted by molar-refractivity contribution is 7.93. The molecular weight excluding hydrogens is 368 g/mol. The molecule has 1 saturated heterocycles. The van der Waals surface area contributed by atoms with Crippen molar-refractivity contribution in [2.75, 3.05) is 29.8 Å². The molecule has 8 heteroatoms. The quantitative estimate of drug-likeness (QED) is 0.865. The van der Waals surface area contributed by atoms with Gasteiger partial charge in [0.1, 0.15) is 13.2 Å². The highest BCUT2D eigenvalue weighted by Crippen LogP contribution is 2.30. The molecule has 0 atom stereocenters. The van der Waals surface area contributed by atoms with E-state index in [-0.39, 0.29) is 11.7 Å². The molecule has 2 aliphatic rings. The van der Waals surface area contributed by atoms with E-state index in [2.05, 4.69) is 5.32 Å². The number of rotatable bonds is 4. The molecule has 0 spiro atoms. The summed E-state index contributed by atoms with van der Waals surface area (Å²) in [4.78, 5) is 12.4. The Morgan fingerprint density at radius 2 is 1.78 bits per heavy atom. The highest BCUT2D eigenvalue weighted by Gasteiger charge is 2.28. The van der Waals surface area contributed by atoms with Crippen molar-refractivity contribution in [3.8, 4) is 11.5 Å². The Labute approximate surface area is 157 Å².